The number of nitrogens with zero attached hydrogens (tertiary/aromatic N) is 2. The van der Waals surface area contributed by atoms with Crippen LogP contribution < -0.4 is 15.1 Å². The van der Waals surface area contributed by atoms with Crippen LogP contribution in [0.15, 0.2) is 53.6 Å². The van der Waals surface area contributed by atoms with Crippen LogP contribution in [0.5, 0.6) is 5.75 Å². The van der Waals surface area contributed by atoms with Gasteiger partial charge in [-0.3, -0.25) is 9.59 Å². The van der Waals surface area contributed by atoms with Gasteiger partial charge in [-0.25, -0.2) is 8.78 Å². The molecule has 152 valence electrons. The Morgan fingerprint density at radius 1 is 1.16 bits per heavy atom. The highest BCUT2D eigenvalue weighted by atomic mass is 19.3. The van der Waals surface area contributed by atoms with Gasteiger partial charge in [0.15, 0.2) is 5.92 Å². The molecular weight excluding hydrogens is 401 g/mol. The van der Waals surface area contributed by atoms with Crippen LogP contribution in [0.1, 0.15) is 19.4 Å². The summed E-state index contributed by atoms with van der Waals surface area (Å²) in [6.45, 7) is 2.29. The molecule has 0 fully saturated rings. The third-order valence-electron chi connectivity index (χ3n) is 4.41. The van der Waals surface area contributed by atoms with Gasteiger partial charge in [-0.15, -0.1) is 0 Å². The number of benzene rings is 2. The monoisotopic (exact) mass is 417 g/mol. The topological polar surface area (TPSA) is 71.0 Å². The van der Waals surface area contributed by atoms with Gasteiger partial charge in [0.1, 0.15) is 29.3 Å². The minimum atomic E-state index is -3.06. The molecule has 6 nitrogen and oxygen atoms in total. The number of hydrogen-bond donors (Lipinski definition) is 1. The predicted molar refractivity (Wildman–Crippen MR) is 116 cm³/mol. The van der Waals surface area contributed by atoms with Crippen LogP contribution in [0, 0.1) is 5.92 Å². The van der Waals surface area contributed by atoms with Crippen LogP contribution in [0.3, 0.4) is 0 Å². The molecule has 1 heterocycles. The van der Waals surface area contributed by atoms with E-state index in [1.807, 2.05) is 0 Å². The van der Waals surface area contributed by atoms with Crippen molar-refractivity contribution in [2.75, 3.05) is 10.3 Å². The number of hydrogen-bond acceptors (Lipinski definition) is 4. The maximum absolute atomic E-state index is 13.5. The Balaban J connectivity index is 1.74. The second kappa shape index (κ2) is 8.21. The standard InChI is InChI=1S/C20H16B3F2N3O3/c1-11-16(17(29)26-13-5-3-4-12(10-13)19(2,24)25)18(30)28(27-11)14-6-8-15(9-7-14)31-20(21,22)23/h3-10,16H,1-2H3,(H,26,29). The van der Waals surface area contributed by atoms with Gasteiger partial charge >= 0.3 is 0 Å². The number of anilines is 2. The van der Waals surface area contributed by atoms with Crippen molar-refractivity contribution in [1.82, 2.24) is 0 Å². The van der Waals surface area contributed by atoms with Gasteiger partial charge in [-0.1, -0.05) is 12.1 Å². The third-order valence-corrected chi connectivity index (χ3v) is 4.41. The smallest absolute Gasteiger partial charge is 0.270 e. The molecule has 1 unspecified atom stereocenters. The van der Waals surface area contributed by atoms with Crippen LogP contribution in [0.4, 0.5) is 20.2 Å². The van der Waals surface area contributed by atoms with Crippen LogP contribution >= 0.6 is 0 Å². The van der Waals surface area contributed by atoms with E-state index < -0.39 is 29.0 Å². The summed E-state index contributed by atoms with van der Waals surface area (Å²) in [6.07, 6.45) is 0. The molecule has 2 aromatic rings. The van der Waals surface area contributed by atoms with E-state index in [4.69, 9.17) is 28.3 Å². The molecule has 3 rings (SSSR count). The summed E-state index contributed by atoms with van der Waals surface area (Å²) in [5, 5.41) is 5.86. The molecule has 0 saturated heterocycles. The third kappa shape index (κ3) is 5.34. The number of amides is 2. The molecule has 1 aliphatic rings. The van der Waals surface area contributed by atoms with Crippen molar-refractivity contribution < 1.29 is 23.1 Å². The van der Waals surface area contributed by atoms with E-state index in [1.165, 1.54) is 49.4 Å². The second-order valence-electron chi connectivity index (χ2n) is 7.23. The summed E-state index contributed by atoms with van der Waals surface area (Å²) < 4.78 is 32.2. The van der Waals surface area contributed by atoms with Gasteiger partial charge in [0.25, 0.3) is 11.8 Å². The van der Waals surface area contributed by atoms with Crippen LogP contribution in [-0.2, 0) is 15.5 Å². The number of carbonyl (C=O) groups is 2. The van der Waals surface area contributed by atoms with Gasteiger partial charge in [0, 0.05) is 18.2 Å². The summed E-state index contributed by atoms with van der Waals surface area (Å²) in [5.41, 5.74) is 0.522. The lowest BCUT2D eigenvalue weighted by atomic mass is 9.52. The molecule has 0 aromatic heterocycles. The summed E-state index contributed by atoms with van der Waals surface area (Å²) in [7, 11) is 16.1. The van der Waals surface area contributed by atoms with Gasteiger partial charge in [0.2, 0.25) is 5.91 Å². The SMILES string of the molecule is [B]C([B])([B])Oc1ccc(N2N=C(C)C(C(=O)Nc3cccc(C(C)(F)F)c3)C2=O)cc1. The average molecular weight is 417 g/mol. The average Bonchev–Trinajstić information content (AvgIpc) is 2.95. The van der Waals surface area contributed by atoms with E-state index in [-0.39, 0.29) is 22.7 Å². The Morgan fingerprint density at radius 2 is 1.81 bits per heavy atom. The van der Waals surface area contributed by atoms with Crippen molar-refractivity contribution in [2.24, 2.45) is 11.0 Å². The zero-order valence-electron chi connectivity index (χ0n) is 16.8. The molecule has 31 heavy (non-hydrogen) atoms. The molecule has 11 heteroatoms. The Hall–Kier alpha value is -3.10. The van der Waals surface area contributed by atoms with Gasteiger partial charge in [0.05, 0.1) is 11.4 Å². The van der Waals surface area contributed by atoms with Crippen molar-refractivity contribution in [2.45, 2.75) is 25.1 Å². The van der Waals surface area contributed by atoms with Gasteiger partial charge < -0.3 is 10.1 Å². The normalized spacial score (nSPS) is 16.8. The molecule has 1 aliphatic heterocycles. The largest absolute Gasteiger partial charge is 0.516 e. The van der Waals surface area contributed by atoms with Crippen molar-refractivity contribution in [3.05, 3.63) is 54.1 Å². The summed E-state index contributed by atoms with van der Waals surface area (Å²) in [5.74, 6) is -5.27. The van der Waals surface area contributed by atoms with E-state index in [0.29, 0.717) is 5.69 Å². The molecule has 2 aromatic carbocycles. The first-order valence-electron chi connectivity index (χ1n) is 9.19. The number of carbonyl (C=O) groups excluding carboxylic acids is 2. The number of alkyl halides is 2. The highest BCUT2D eigenvalue weighted by molar-refractivity contribution is 6.58. The molecular formula is C20H16B3F2N3O3. The summed E-state index contributed by atoms with van der Waals surface area (Å²) in [6, 6.07) is 11.3. The number of hydrazone groups is 1. The van der Waals surface area contributed by atoms with E-state index in [1.54, 1.807) is 0 Å². The highest BCUT2D eigenvalue weighted by Gasteiger charge is 2.40. The second-order valence-corrected chi connectivity index (χ2v) is 7.23. The first kappa shape index (κ1) is 22.6. The Morgan fingerprint density at radius 3 is 2.39 bits per heavy atom. The highest BCUT2D eigenvalue weighted by Crippen LogP contribution is 2.30. The zero-order chi connectivity index (χ0) is 23.0. The zero-order valence-corrected chi connectivity index (χ0v) is 16.8. The van der Waals surface area contributed by atoms with Crippen molar-refractivity contribution in [3.63, 3.8) is 0 Å². The fourth-order valence-corrected chi connectivity index (χ4v) is 3.00. The lowest BCUT2D eigenvalue weighted by Gasteiger charge is -2.23. The minimum absolute atomic E-state index is 0.151. The Kier molecular flexibility index (Phi) is 5.98. The maximum Gasteiger partial charge on any atom is 0.270 e. The fraction of sp³-hybridized carbons (Fsp3) is 0.250. The lowest BCUT2D eigenvalue weighted by molar-refractivity contribution is -0.127. The van der Waals surface area contributed by atoms with Gasteiger partial charge in [-0.05, 0) is 48.6 Å². The number of halogens is 2. The molecule has 0 aliphatic carbocycles. The molecule has 1 atom stereocenters. The first-order valence-corrected chi connectivity index (χ1v) is 9.19. The fourth-order valence-electron chi connectivity index (χ4n) is 3.00. The lowest BCUT2D eigenvalue weighted by Crippen LogP contribution is -2.37. The van der Waals surface area contributed by atoms with E-state index >= 15 is 0 Å². The van der Waals surface area contributed by atoms with E-state index in [0.717, 1.165) is 18.0 Å². The van der Waals surface area contributed by atoms with Crippen molar-refractivity contribution in [3.8, 4) is 5.75 Å². The van der Waals surface area contributed by atoms with Crippen LogP contribution in [0.25, 0.3) is 0 Å². The Bertz CT molecular complexity index is 1030. The number of nitrogens with one attached hydrogen (secondary N) is 1. The molecule has 6 radical (unpaired) electrons. The van der Waals surface area contributed by atoms with Crippen molar-refractivity contribution in [1.29, 1.82) is 0 Å². The van der Waals surface area contributed by atoms with Crippen LogP contribution in [-0.4, -0.2) is 46.4 Å². The summed E-state index contributed by atoms with van der Waals surface area (Å²) >= 11 is 0. The maximum atomic E-state index is 13.5. The number of rotatable bonds is 6. The molecule has 0 saturated carbocycles. The van der Waals surface area contributed by atoms with E-state index in [2.05, 4.69) is 10.4 Å². The van der Waals surface area contributed by atoms with Crippen LogP contribution in [0.2, 0.25) is 0 Å². The minimum Gasteiger partial charge on any atom is -0.516 e. The van der Waals surface area contributed by atoms with Gasteiger partial charge in [-0.2, -0.15) is 10.1 Å². The number of ether oxygens (including phenoxy) is 1. The Labute approximate surface area is 182 Å². The molecule has 2 amide bonds. The summed E-state index contributed by atoms with van der Waals surface area (Å²) in [4.78, 5) is 25.5. The predicted octanol–water partition coefficient (Wildman–Crippen LogP) is 2.27. The van der Waals surface area contributed by atoms with Crippen molar-refractivity contribution >= 4 is 52.4 Å². The molecule has 0 spiro atoms. The quantitative estimate of drug-likeness (QED) is 0.580. The van der Waals surface area contributed by atoms with E-state index in [9.17, 15) is 18.4 Å². The molecule has 1 N–H and O–H groups in total. The molecule has 0 bridgehead atoms. The first-order chi connectivity index (χ1) is 14.3.